The van der Waals surface area contributed by atoms with Gasteiger partial charge in [-0.1, -0.05) is 57.9 Å². The molecule has 0 radical (unpaired) electrons. The number of fused-ring (bicyclic) bond motifs is 1. The maximum atomic E-state index is 6.40. The predicted octanol–water partition coefficient (Wildman–Crippen LogP) is 6.37. The molecule has 0 amide bonds. The first-order valence-corrected chi connectivity index (χ1v) is 9.50. The number of nitrogens with zero attached hydrogens (tertiary/aromatic N) is 2. The average Bonchev–Trinajstić information content (AvgIpc) is 2.69. The van der Waals surface area contributed by atoms with Gasteiger partial charge in [0, 0.05) is 15.5 Å². The second kappa shape index (κ2) is 7.94. The fourth-order valence-corrected chi connectivity index (χ4v) is 3.29. The van der Waals surface area contributed by atoms with Crippen LogP contribution in [0, 0.1) is 0 Å². The minimum Gasteiger partial charge on any atom is -0.487 e. The number of ether oxygens (including phenoxy) is 1. The number of benzene rings is 3. The summed E-state index contributed by atoms with van der Waals surface area (Å²) in [5.74, 6) is 1.36. The minimum atomic E-state index is 0.470. The number of anilines is 2. The molecule has 6 heteroatoms. The van der Waals surface area contributed by atoms with Crippen molar-refractivity contribution < 1.29 is 4.74 Å². The van der Waals surface area contributed by atoms with E-state index >= 15 is 0 Å². The minimum absolute atomic E-state index is 0.470. The van der Waals surface area contributed by atoms with Gasteiger partial charge in [-0.2, -0.15) is 0 Å². The fraction of sp³-hybridized carbons (Fsp3) is 0.0476. The summed E-state index contributed by atoms with van der Waals surface area (Å²) in [6, 6.07) is 21.5. The van der Waals surface area contributed by atoms with Crippen LogP contribution in [0.15, 0.2) is 77.5 Å². The summed E-state index contributed by atoms with van der Waals surface area (Å²) < 4.78 is 6.79. The SMILES string of the molecule is Clc1cc(Nc2ncnc3ccc(Br)cc23)ccc1OCc1ccccc1. The van der Waals surface area contributed by atoms with Gasteiger partial charge >= 0.3 is 0 Å². The van der Waals surface area contributed by atoms with Crippen molar-refractivity contribution in [3.63, 3.8) is 0 Å². The molecule has 27 heavy (non-hydrogen) atoms. The van der Waals surface area contributed by atoms with E-state index in [1.807, 2.05) is 66.7 Å². The fourth-order valence-electron chi connectivity index (χ4n) is 2.70. The summed E-state index contributed by atoms with van der Waals surface area (Å²) in [6.45, 7) is 0.470. The van der Waals surface area contributed by atoms with Crippen molar-refractivity contribution in [2.45, 2.75) is 6.61 Å². The number of halogens is 2. The van der Waals surface area contributed by atoms with Gasteiger partial charge in [0.25, 0.3) is 0 Å². The zero-order valence-electron chi connectivity index (χ0n) is 14.2. The largest absolute Gasteiger partial charge is 0.487 e. The van der Waals surface area contributed by atoms with Crippen LogP contribution in [0.2, 0.25) is 5.02 Å². The van der Waals surface area contributed by atoms with Gasteiger partial charge in [-0.05, 0) is 42.0 Å². The molecule has 4 nitrogen and oxygen atoms in total. The Balaban J connectivity index is 1.54. The molecular weight excluding hydrogens is 426 g/mol. The van der Waals surface area contributed by atoms with Crippen molar-refractivity contribution in [3.05, 3.63) is 88.1 Å². The molecule has 0 unspecified atom stereocenters. The van der Waals surface area contributed by atoms with Crippen LogP contribution in [0.25, 0.3) is 10.9 Å². The molecule has 0 spiro atoms. The van der Waals surface area contributed by atoms with E-state index in [2.05, 4.69) is 31.2 Å². The molecule has 0 atom stereocenters. The molecule has 0 aliphatic heterocycles. The average molecular weight is 441 g/mol. The van der Waals surface area contributed by atoms with Gasteiger partial charge in [-0.3, -0.25) is 0 Å². The van der Waals surface area contributed by atoms with Gasteiger partial charge in [0.15, 0.2) is 0 Å². The Kier molecular flexibility index (Phi) is 5.23. The molecule has 0 bridgehead atoms. The third kappa shape index (κ3) is 4.21. The van der Waals surface area contributed by atoms with E-state index in [0.717, 1.165) is 32.4 Å². The van der Waals surface area contributed by atoms with Crippen molar-refractivity contribution in [1.29, 1.82) is 0 Å². The second-order valence-corrected chi connectivity index (χ2v) is 7.25. The molecule has 0 aliphatic carbocycles. The standard InChI is InChI=1S/C21H15BrClN3O/c22-15-6-8-19-17(10-15)21(25-13-24-19)26-16-7-9-20(18(23)11-16)27-12-14-4-2-1-3-5-14/h1-11,13H,12H2,(H,24,25,26). The molecule has 4 aromatic rings. The summed E-state index contributed by atoms with van der Waals surface area (Å²) in [5.41, 5.74) is 2.78. The van der Waals surface area contributed by atoms with E-state index in [9.17, 15) is 0 Å². The summed E-state index contributed by atoms with van der Waals surface area (Å²) >= 11 is 9.89. The van der Waals surface area contributed by atoms with E-state index in [0.29, 0.717) is 17.4 Å². The Morgan fingerprint density at radius 1 is 0.963 bits per heavy atom. The highest BCUT2D eigenvalue weighted by atomic mass is 79.9. The van der Waals surface area contributed by atoms with E-state index < -0.39 is 0 Å². The summed E-state index contributed by atoms with van der Waals surface area (Å²) in [5, 5.41) is 4.77. The summed E-state index contributed by atoms with van der Waals surface area (Å²) in [4.78, 5) is 8.65. The number of rotatable bonds is 5. The van der Waals surface area contributed by atoms with Crippen LogP contribution in [-0.4, -0.2) is 9.97 Å². The predicted molar refractivity (Wildman–Crippen MR) is 113 cm³/mol. The lowest BCUT2D eigenvalue weighted by Crippen LogP contribution is -1.98. The van der Waals surface area contributed by atoms with Crippen molar-refractivity contribution in [1.82, 2.24) is 9.97 Å². The van der Waals surface area contributed by atoms with Crippen molar-refractivity contribution in [3.8, 4) is 5.75 Å². The molecule has 1 N–H and O–H groups in total. The van der Waals surface area contributed by atoms with E-state index in [1.54, 1.807) is 0 Å². The molecule has 134 valence electrons. The van der Waals surface area contributed by atoms with Crippen LogP contribution in [-0.2, 0) is 6.61 Å². The van der Waals surface area contributed by atoms with Gasteiger partial charge in [0.05, 0.1) is 10.5 Å². The van der Waals surface area contributed by atoms with Crippen molar-refractivity contribution in [2.75, 3.05) is 5.32 Å². The normalized spacial score (nSPS) is 10.7. The quantitative estimate of drug-likeness (QED) is 0.392. The topological polar surface area (TPSA) is 47.0 Å². The summed E-state index contributed by atoms with van der Waals surface area (Å²) in [6.07, 6.45) is 1.54. The highest BCUT2D eigenvalue weighted by molar-refractivity contribution is 9.10. The van der Waals surface area contributed by atoms with Crippen LogP contribution >= 0.6 is 27.5 Å². The van der Waals surface area contributed by atoms with Crippen molar-refractivity contribution in [2.24, 2.45) is 0 Å². The van der Waals surface area contributed by atoms with Gasteiger partial charge in [-0.15, -0.1) is 0 Å². The number of aromatic nitrogens is 2. The molecule has 3 aromatic carbocycles. The lowest BCUT2D eigenvalue weighted by atomic mass is 10.2. The second-order valence-electron chi connectivity index (χ2n) is 5.93. The Labute approximate surface area is 170 Å². The van der Waals surface area contributed by atoms with Gasteiger partial charge < -0.3 is 10.1 Å². The van der Waals surface area contributed by atoms with E-state index in [1.165, 1.54) is 6.33 Å². The monoisotopic (exact) mass is 439 g/mol. The molecule has 1 aromatic heterocycles. The number of hydrogen-bond acceptors (Lipinski definition) is 4. The molecule has 0 fully saturated rings. The maximum absolute atomic E-state index is 6.40. The Hall–Kier alpha value is -2.63. The van der Waals surface area contributed by atoms with E-state index in [-0.39, 0.29) is 0 Å². The van der Waals surface area contributed by atoms with Crippen LogP contribution in [0.3, 0.4) is 0 Å². The lowest BCUT2D eigenvalue weighted by molar-refractivity contribution is 0.306. The first-order valence-electron chi connectivity index (χ1n) is 8.32. The Morgan fingerprint density at radius 3 is 2.63 bits per heavy atom. The maximum Gasteiger partial charge on any atom is 0.141 e. The van der Waals surface area contributed by atoms with Crippen LogP contribution in [0.4, 0.5) is 11.5 Å². The van der Waals surface area contributed by atoms with Crippen LogP contribution in [0.1, 0.15) is 5.56 Å². The molecule has 4 rings (SSSR count). The Morgan fingerprint density at radius 2 is 1.81 bits per heavy atom. The van der Waals surface area contributed by atoms with Crippen LogP contribution in [0.5, 0.6) is 5.75 Å². The third-order valence-corrected chi connectivity index (χ3v) is 4.82. The van der Waals surface area contributed by atoms with Crippen LogP contribution < -0.4 is 10.1 Å². The first-order chi connectivity index (χ1) is 13.2. The van der Waals surface area contributed by atoms with E-state index in [4.69, 9.17) is 16.3 Å². The molecule has 1 heterocycles. The zero-order valence-corrected chi connectivity index (χ0v) is 16.5. The zero-order chi connectivity index (χ0) is 18.6. The molecule has 0 aliphatic rings. The highest BCUT2D eigenvalue weighted by Crippen LogP contribution is 2.31. The molecule has 0 saturated heterocycles. The smallest absolute Gasteiger partial charge is 0.141 e. The molecule has 0 saturated carbocycles. The Bertz CT molecular complexity index is 1090. The van der Waals surface area contributed by atoms with Gasteiger partial charge in [0.2, 0.25) is 0 Å². The highest BCUT2D eigenvalue weighted by Gasteiger charge is 2.08. The molecular formula is C21H15BrClN3O. The van der Waals surface area contributed by atoms with Crippen molar-refractivity contribution >= 4 is 49.9 Å². The number of nitrogens with one attached hydrogen (secondary N) is 1. The summed E-state index contributed by atoms with van der Waals surface area (Å²) in [7, 11) is 0. The third-order valence-electron chi connectivity index (χ3n) is 4.03. The first kappa shape index (κ1) is 17.8. The lowest BCUT2D eigenvalue weighted by Gasteiger charge is -2.12. The van der Waals surface area contributed by atoms with Gasteiger partial charge in [0.1, 0.15) is 24.5 Å². The number of hydrogen-bond donors (Lipinski definition) is 1. The van der Waals surface area contributed by atoms with Gasteiger partial charge in [-0.25, -0.2) is 9.97 Å².